The van der Waals surface area contributed by atoms with Crippen LogP contribution in [0.5, 0.6) is 0 Å². The molecule has 1 aromatic carbocycles. The minimum Gasteiger partial charge on any atom is -0.480 e. The summed E-state index contributed by atoms with van der Waals surface area (Å²) >= 11 is 0. The first-order valence-corrected chi connectivity index (χ1v) is 12.2. The largest absolute Gasteiger partial charge is 0.480 e. The fourth-order valence-electron chi connectivity index (χ4n) is 3.86. The molecule has 0 aliphatic heterocycles. The first-order valence-electron chi connectivity index (χ1n) is 12.2. The summed E-state index contributed by atoms with van der Waals surface area (Å²) in [4.78, 5) is 64.6. The topological polar surface area (TPSA) is 230 Å². The molecule has 10 N–H and O–H groups in total. The number of aliphatic hydroxyl groups excluding tert-OH is 1. The molecule has 13 heteroatoms. The van der Waals surface area contributed by atoms with Crippen LogP contribution in [0.25, 0.3) is 10.9 Å². The molecule has 0 spiro atoms. The van der Waals surface area contributed by atoms with Crippen LogP contribution in [0.4, 0.5) is 0 Å². The highest BCUT2D eigenvalue weighted by molar-refractivity contribution is 5.95. The van der Waals surface area contributed by atoms with Gasteiger partial charge in [-0.05, 0) is 30.9 Å². The van der Waals surface area contributed by atoms with Crippen molar-refractivity contribution in [3.05, 3.63) is 36.0 Å². The maximum absolute atomic E-state index is 13.4. The second-order valence-corrected chi connectivity index (χ2v) is 9.53. The van der Waals surface area contributed by atoms with Gasteiger partial charge in [-0.15, -0.1) is 0 Å². The number of benzene rings is 1. The van der Waals surface area contributed by atoms with E-state index in [1.54, 1.807) is 20.0 Å². The molecule has 5 unspecified atom stereocenters. The number of aromatic amines is 1. The molecule has 0 fully saturated rings. The monoisotopic (exact) mass is 532 g/mol. The summed E-state index contributed by atoms with van der Waals surface area (Å²) < 4.78 is 0. The third-order valence-electron chi connectivity index (χ3n) is 6.06. The number of para-hydroxylation sites is 1. The van der Waals surface area contributed by atoms with Crippen molar-refractivity contribution in [2.45, 2.75) is 70.3 Å². The Hall–Kier alpha value is -3.97. The molecule has 2 rings (SSSR count). The van der Waals surface area contributed by atoms with E-state index in [0.717, 1.165) is 16.5 Å². The first kappa shape index (κ1) is 30.3. The van der Waals surface area contributed by atoms with Crippen LogP contribution in [0.3, 0.4) is 0 Å². The van der Waals surface area contributed by atoms with Gasteiger partial charge in [0.05, 0.1) is 12.1 Å². The van der Waals surface area contributed by atoms with E-state index in [-0.39, 0.29) is 19.3 Å². The van der Waals surface area contributed by atoms with Crippen LogP contribution < -0.4 is 27.4 Å². The molecule has 1 aromatic heterocycles. The quantitative estimate of drug-likeness (QED) is 0.148. The van der Waals surface area contributed by atoms with Crippen LogP contribution >= 0.6 is 0 Å². The predicted molar refractivity (Wildman–Crippen MR) is 138 cm³/mol. The Kier molecular flexibility index (Phi) is 10.8. The highest BCUT2D eigenvalue weighted by atomic mass is 16.4. The SMILES string of the molecule is CC(C)C(NC(=O)C(Cc1c[nH]c2ccccc12)NC(=O)C(N)CCC(N)=O)C(=O)NC(C(=O)O)C(C)O. The Morgan fingerprint density at radius 2 is 1.58 bits per heavy atom. The number of carbonyl (C=O) groups excluding carboxylic acids is 4. The van der Waals surface area contributed by atoms with Crippen molar-refractivity contribution in [1.29, 1.82) is 0 Å². The number of nitrogens with two attached hydrogens (primary N) is 2. The lowest BCUT2D eigenvalue weighted by Crippen LogP contribution is -2.60. The predicted octanol–water partition coefficient (Wildman–Crippen LogP) is -1.12. The lowest BCUT2D eigenvalue weighted by Gasteiger charge is -2.27. The summed E-state index contributed by atoms with van der Waals surface area (Å²) in [5, 5.41) is 27.3. The Bertz CT molecular complexity index is 1160. The summed E-state index contributed by atoms with van der Waals surface area (Å²) in [6.07, 6.45) is 0.238. The number of hydrogen-bond acceptors (Lipinski definition) is 7. The molecule has 13 nitrogen and oxygen atoms in total. The average molecular weight is 533 g/mol. The summed E-state index contributed by atoms with van der Waals surface area (Å²) in [6, 6.07) is 2.35. The summed E-state index contributed by atoms with van der Waals surface area (Å²) in [5.41, 5.74) is 12.6. The number of carboxylic acids is 1. The molecular formula is C25H36N6O7. The van der Waals surface area contributed by atoms with Gasteiger partial charge in [-0.2, -0.15) is 0 Å². The second kappa shape index (κ2) is 13.5. The van der Waals surface area contributed by atoms with Crippen LogP contribution in [-0.4, -0.2) is 75.1 Å². The van der Waals surface area contributed by atoms with E-state index in [4.69, 9.17) is 11.5 Å². The zero-order chi connectivity index (χ0) is 28.6. The normalized spacial score (nSPS) is 15.2. The van der Waals surface area contributed by atoms with E-state index < -0.39 is 65.8 Å². The van der Waals surface area contributed by atoms with E-state index in [1.165, 1.54) is 6.92 Å². The second-order valence-electron chi connectivity index (χ2n) is 9.53. The van der Waals surface area contributed by atoms with Crippen LogP contribution in [-0.2, 0) is 30.4 Å². The minimum absolute atomic E-state index is 0.0183. The van der Waals surface area contributed by atoms with E-state index >= 15 is 0 Å². The fourth-order valence-corrected chi connectivity index (χ4v) is 3.86. The standard InChI is InChI=1S/C25H36N6O7/c1-12(2)20(24(36)31-21(13(3)32)25(37)38)30-23(35)18(29-22(34)16(26)8-9-19(27)33)10-14-11-28-17-7-5-4-6-15(14)17/h4-7,11-13,16,18,20-21,28,32H,8-10,26H2,1-3H3,(H2,27,33)(H,29,34)(H,30,35)(H,31,36)(H,37,38). The zero-order valence-corrected chi connectivity index (χ0v) is 21.6. The van der Waals surface area contributed by atoms with Crippen molar-refractivity contribution in [1.82, 2.24) is 20.9 Å². The number of rotatable bonds is 14. The zero-order valence-electron chi connectivity index (χ0n) is 21.6. The Morgan fingerprint density at radius 1 is 0.947 bits per heavy atom. The third kappa shape index (κ3) is 8.28. The average Bonchev–Trinajstić information content (AvgIpc) is 3.25. The number of H-pyrrole nitrogens is 1. The van der Waals surface area contributed by atoms with Crippen molar-refractivity contribution < 1.29 is 34.2 Å². The number of hydrogen-bond donors (Lipinski definition) is 8. The number of aliphatic hydroxyl groups is 1. The number of nitrogens with one attached hydrogen (secondary N) is 4. The van der Waals surface area contributed by atoms with Gasteiger partial charge in [-0.25, -0.2) is 4.79 Å². The first-order chi connectivity index (χ1) is 17.8. The lowest BCUT2D eigenvalue weighted by atomic mass is 9.99. The molecule has 0 saturated heterocycles. The highest BCUT2D eigenvalue weighted by Crippen LogP contribution is 2.19. The van der Waals surface area contributed by atoms with Gasteiger partial charge in [0.1, 0.15) is 12.1 Å². The molecule has 0 aliphatic rings. The molecule has 208 valence electrons. The van der Waals surface area contributed by atoms with Crippen LogP contribution in [0.2, 0.25) is 0 Å². The van der Waals surface area contributed by atoms with Crippen LogP contribution in [0.1, 0.15) is 39.2 Å². The molecule has 0 radical (unpaired) electrons. The van der Waals surface area contributed by atoms with Crippen molar-refractivity contribution >= 4 is 40.5 Å². The molecule has 0 aliphatic carbocycles. The molecule has 0 saturated carbocycles. The summed E-state index contributed by atoms with van der Waals surface area (Å²) in [6.45, 7) is 4.52. The number of primary amides is 1. The number of aromatic nitrogens is 1. The van der Waals surface area contributed by atoms with Gasteiger partial charge in [0.2, 0.25) is 23.6 Å². The maximum Gasteiger partial charge on any atom is 0.328 e. The van der Waals surface area contributed by atoms with Gasteiger partial charge < -0.3 is 42.6 Å². The number of aliphatic carboxylic acids is 1. The molecule has 38 heavy (non-hydrogen) atoms. The molecule has 1 heterocycles. The van der Waals surface area contributed by atoms with Gasteiger partial charge >= 0.3 is 5.97 Å². The van der Waals surface area contributed by atoms with Gasteiger partial charge in [-0.1, -0.05) is 32.0 Å². The van der Waals surface area contributed by atoms with Crippen molar-refractivity contribution in [3.63, 3.8) is 0 Å². The van der Waals surface area contributed by atoms with Crippen LogP contribution in [0, 0.1) is 5.92 Å². The van der Waals surface area contributed by atoms with E-state index in [2.05, 4.69) is 20.9 Å². The maximum atomic E-state index is 13.4. The minimum atomic E-state index is -1.58. The number of carboxylic acid groups (broad SMARTS) is 1. The van der Waals surface area contributed by atoms with Crippen molar-refractivity contribution in [2.24, 2.45) is 17.4 Å². The Labute approximate surface area is 219 Å². The van der Waals surface area contributed by atoms with E-state index in [9.17, 15) is 34.2 Å². The van der Waals surface area contributed by atoms with E-state index in [1.807, 2.05) is 24.3 Å². The summed E-state index contributed by atoms with van der Waals surface area (Å²) in [7, 11) is 0. The molecule has 2 aromatic rings. The van der Waals surface area contributed by atoms with Gasteiger partial charge in [0, 0.05) is 29.9 Å². The van der Waals surface area contributed by atoms with Crippen molar-refractivity contribution in [3.8, 4) is 0 Å². The molecule has 5 atom stereocenters. The van der Waals surface area contributed by atoms with Crippen LogP contribution in [0.15, 0.2) is 30.5 Å². The van der Waals surface area contributed by atoms with Crippen molar-refractivity contribution in [2.75, 3.05) is 0 Å². The van der Waals surface area contributed by atoms with E-state index in [0.29, 0.717) is 0 Å². The molecular weight excluding hydrogens is 496 g/mol. The summed E-state index contributed by atoms with van der Waals surface area (Å²) in [5.74, 6) is -4.72. The third-order valence-corrected chi connectivity index (χ3v) is 6.06. The van der Waals surface area contributed by atoms with Gasteiger partial charge in [0.25, 0.3) is 0 Å². The molecule has 4 amide bonds. The fraction of sp³-hybridized carbons (Fsp3) is 0.480. The number of amides is 4. The Morgan fingerprint density at radius 3 is 2.16 bits per heavy atom. The Balaban J connectivity index is 2.28. The number of fused-ring (bicyclic) bond motifs is 1. The smallest absolute Gasteiger partial charge is 0.328 e. The van der Waals surface area contributed by atoms with Gasteiger partial charge in [-0.3, -0.25) is 19.2 Å². The highest BCUT2D eigenvalue weighted by Gasteiger charge is 2.33. The lowest BCUT2D eigenvalue weighted by molar-refractivity contribution is -0.145. The number of carbonyl (C=O) groups is 5. The van der Waals surface area contributed by atoms with Gasteiger partial charge in [0.15, 0.2) is 6.04 Å². The molecule has 0 bridgehead atoms.